The van der Waals surface area contributed by atoms with Crippen LogP contribution in [0.3, 0.4) is 0 Å². The van der Waals surface area contributed by atoms with E-state index >= 15 is 0 Å². The van der Waals surface area contributed by atoms with Gasteiger partial charge in [-0.25, -0.2) is 0 Å². The zero-order valence-corrected chi connectivity index (χ0v) is 29.4. The maximum absolute atomic E-state index is 7.06. The SMILES string of the molecule is CCCCc1ccc2c(c1)oc1c2c2c(c3ccc(CCCC)cc3n2-c2ccccc2)n1-c1cc(-c2ccccc2)cc(-c2ccccc2)c1. The van der Waals surface area contributed by atoms with Crippen molar-refractivity contribution in [3.63, 3.8) is 0 Å². The summed E-state index contributed by atoms with van der Waals surface area (Å²) in [5.41, 5.74) is 15.1. The van der Waals surface area contributed by atoms with Gasteiger partial charge in [0, 0.05) is 16.5 Å². The zero-order chi connectivity index (χ0) is 34.3. The number of rotatable bonds is 10. The van der Waals surface area contributed by atoms with E-state index in [9.17, 15) is 0 Å². The third-order valence-electron chi connectivity index (χ3n) is 10.4. The lowest BCUT2D eigenvalue weighted by Crippen LogP contribution is -1.95. The molecular formula is C48H42N2O. The number of nitrogens with zero attached hydrogens (tertiary/aromatic N) is 2. The van der Waals surface area contributed by atoms with Crippen LogP contribution in [0.2, 0.25) is 0 Å². The highest BCUT2D eigenvalue weighted by molar-refractivity contribution is 6.26. The lowest BCUT2D eigenvalue weighted by molar-refractivity contribution is 0.644. The highest BCUT2D eigenvalue weighted by Gasteiger charge is 2.27. The van der Waals surface area contributed by atoms with Crippen LogP contribution in [0.15, 0.2) is 150 Å². The first-order chi connectivity index (χ1) is 25.2. The predicted octanol–water partition coefficient (Wildman–Crippen LogP) is 13.5. The molecule has 0 atom stereocenters. The van der Waals surface area contributed by atoms with Gasteiger partial charge < -0.3 is 8.98 Å². The minimum atomic E-state index is 0.883. The van der Waals surface area contributed by atoms with Crippen molar-refractivity contribution in [2.24, 2.45) is 0 Å². The fourth-order valence-electron chi connectivity index (χ4n) is 7.89. The molecule has 3 heteroatoms. The maximum atomic E-state index is 7.06. The number of aromatic nitrogens is 2. The molecule has 0 N–H and O–H groups in total. The van der Waals surface area contributed by atoms with E-state index in [1.54, 1.807) is 0 Å². The number of hydrogen-bond donors (Lipinski definition) is 0. The second-order valence-corrected chi connectivity index (χ2v) is 13.9. The average molecular weight is 663 g/mol. The van der Waals surface area contributed by atoms with Crippen LogP contribution in [-0.4, -0.2) is 9.13 Å². The second kappa shape index (κ2) is 13.2. The number of unbranched alkanes of at least 4 members (excludes halogenated alkanes) is 2. The standard InChI is InChI=1S/C48H42N2O/c1-3-5-16-33-24-26-41-43(28-33)49(39-22-14-9-15-23-39)47-45-42-27-25-34(17-6-4-2)29-44(42)51-48(45)50(46(41)47)40-31-37(35-18-10-7-11-19-35)30-38(32-40)36-20-12-8-13-21-36/h7-15,18-32H,3-6,16-17H2,1-2H3. The van der Waals surface area contributed by atoms with Crippen molar-refractivity contribution in [3.8, 4) is 33.6 Å². The molecule has 0 unspecified atom stereocenters. The Morgan fingerprint density at radius 1 is 0.471 bits per heavy atom. The van der Waals surface area contributed by atoms with E-state index in [0.29, 0.717) is 0 Å². The predicted molar refractivity (Wildman–Crippen MR) is 215 cm³/mol. The molecule has 9 aromatic rings. The normalized spacial score (nSPS) is 11.8. The topological polar surface area (TPSA) is 23.0 Å². The summed E-state index contributed by atoms with van der Waals surface area (Å²) in [5.74, 6) is 0. The first kappa shape index (κ1) is 31.2. The van der Waals surface area contributed by atoms with Crippen LogP contribution in [0.4, 0.5) is 0 Å². The number of fused-ring (bicyclic) bond motifs is 7. The molecule has 0 aliphatic rings. The van der Waals surface area contributed by atoms with E-state index in [-0.39, 0.29) is 0 Å². The maximum Gasteiger partial charge on any atom is 0.215 e. The highest BCUT2D eigenvalue weighted by Crippen LogP contribution is 2.46. The highest BCUT2D eigenvalue weighted by atomic mass is 16.3. The Morgan fingerprint density at radius 3 is 1.65 bits per heavy atom. The lowest BCUT2D eigenvalue weighted by atomic mass is 9.98. The van der Waals surface area contributed by atoms with Crippen LogP contribution < -0.4 is 0 Å². The van der Waals surface area contributed by atoms with Crippen LogP contribution in [0.25, 0.3) is 77.6 Å². The molecule has 0 radical (unpaired) electrons. The summed E-state index contributed by atoms with van der Waals surface area (Å²) in [6, 6.07) is 53.3. The summed E-state index contributed by atoms with van der Waals surface area (Å²) in [5, 5.41) is 3.53. The minimum absolute atomic E-state index is 0.883. The second-order valence-electron chi connectivity index (χ2n) is 13.9. The Morgan fingerprint density at radius 2 is 1.04 bits per heavy atom. The van der Waals surface area contributed by atoms with Crippen LogP contribution in [0, 0.1) is 0 Å². The average Bonchev–Trinajstić information content (AvgIpc) is 3.82. The molecule has 3 nitrogen and oxygen atoms in total. The van der Waals surface area contributed by atoms with Gasteiger partial charge in [0.25, 0.3) is 0 Å². The van der Waals surface area contributed by atoms with Gasteiger partial charge in [-0.05, 0) is 102 Å². The Hall–Kier alpha value is -5.80. The van der Waals surface area contributed by atoms with E-state index in [1.807, 2.05) is 0 Å². The third-order valence-corrected chi connectivity index (χ3v) is 10.4. The largest absolute Gasteiger partial charge is 0.439 e. The fraction of sp³-hybridized carbons (Fsp3) is 0.167. The van der Waals surface area contributed by atoms with Gasteiger partial charge in [0.05, 0.1) is 27.6 Å². The molecule has 0 saturated heterocycles. The number of furan rings is 1. The Kier molecular flexibility index (Phi) is 8.05. The molecule has 0 amide bonds. The number of para-hydroxylation sites is 1. The molecule has 3 aromatic heterocycles. The quantitative estimate of drug-likeness (QED) is 0.143. The summed E-state index contributed by atoms with van der Waals surface area (Å²) in [4.78, 5) is 0. The van der Waals surface area contributed by atoms with Gasteiger partial charge in [0.2, 0.25) is 5.71 Å². The first-order valence-corrected chi connectivity index (χ1v) is 18.6. The molecule has 6 aromatic carbocycles. The monoisotopic (exact) mass is 662 g/mol. The van der Waals surface area contributed by atoms with Crippen molar-refractivity contribution in [3.05, 3.63) is 157 Å². The van der Waals surface area contributed by atoms with Gasteiger partial charge in [-0.1, -0.05) is 130 Å². The van der Waals surface area contributed by atoms with Crippen LogP contribution in [-0.2, 0) is 12.8 Å². The van der Waals surface area contributed by atoms with Gasteiger partial charge >= 0.3 is 0 Å². The molecule has 0 saturated carbocycles. The summed E-state index contributed by atoms with van der Waals surface area (Å²) in [7, 11) is 0. The fourth-order valence-corrected chi connectivity index (χ4v) is 7.89. The van der Waals surface area contributed by atoms with E-state index in [1.165, 1.54) is 81.0 Å². The lowest BCUT2D eigenvalue weighted by Gasteiger charge is -2.13. The number of benzene rings is 6. The molecule has 0 fully saturated rings. The molecule has 3 heterocycles. The molecular weight excluding hydrogens is 621 g/mol. The Labute approximate surface area is 299 Å². The summed E-state index contributed by atoms with van der Waals surface area (Å²) in [6.07, 6.45) is 6.81. The van der Waals surface area contributed by atoms with Crippen molar-refractivity contribution in [1.82, 2.24) is 9.13 Å². The molecule has 0 bridgehead atoms. The number of hydrogen-bond acceptors (Lipinski definition) is 1. The van der Waals surface area contributed by atoms with Gasteiger partial charge in [-0.2, -0.15) is 0 Å². The molecule has 250 valence electrons. The summed E-state index contributed by atoms with van der Waals surface area (Å²) < 4.78 is 11.9. The Bertz CT molecular complexity index is 2580. The third kappa shape index (κ3) is 5.45. The van der Waals surface area contributed by atoms with Crippen molar-refractivity contribution in [2.45, 2.75) is 52.4 Å². The van der Waals surface area contributed by atoms with Crippen LogP contribution >= 0.6 is 0 Å². The Balaban J connectivity index is 1.43. The van der Waals surface area contributed by atoms with E-state index in [2.05, 4.69) is 169 Å². The summed E-state index contributed by atoms with van der Waals surface area (Å²) in [6.45, 7) is 4.52. The first-order valence-electron chi connectivity index (χ1n) is 18.6. The molecule has 0 aliphatic carbocycles. The number of aryl methyl sites for hydroxylation is 2. The molecule has 0 aliphatic heterocycles. The van der Waals surface area contributed by atoms with E-state index in [4.69, 9.17) is 4.42 Å². The van der Waals surface area contributed by atoms with Gasteiger partial charge in [0.1, 0.15) is 5.58 Å². The zero-order valence-electron chi connectivity index (χ0n) is 29.4. The van der Waals surface area contributed by atoms with Gasteiger partial charge in [-0.15, -0.1) is 0 Å². The molecule has 51 heavy (non-hydrogen) atoms. The van der Waals surface area contributed by atoms with Gasteiger partial charge in [0.15, 0.2) is 0 Å². The van der Waals surface area contributed by atoms with Crippen molar-refractivity contribution >= 4 is 44.0 Å². The van der Waals surface area contributed by atoms with E-state index < -0.39 is 0 Å². The van der Waals surface area contributed by atoms with E-state index in [0.717, 1.165) is 46.3 Å². The van der Waals surface area contributed by atoms with Crippen LogP contribution in [0.1, 0.15) is 50.7 Å². The van der Waals surface area contributed by atoms with Crippen molar-refractivity contribution in [1.29, 1.82) is 0 Å². The molecule has 9 rings (SSSR count). The molecule has 0 spiro atoms. The van der Waals surface area contributed by atoms with Gasteiger partial charge in [-0.3, -0.25) is 4.57 Å². The van der Waals surface area contributed by atoms with Crippen molar-refractivity contribution < 1.29 is 4.42 Å². The summed E-state index contributed by atoms with van der Waals surface area (Å²) >= 11 is 0. The van der Waals surface area contributed by atoms with Crippen LogP contribution in [0.5, 0.6) is 0 Å². The minimum Gasteiger partial charge on any atom is -0.439 e. The van der Waals surface area contributed by atoms with Crippen molar-refractivity contribution in [2.75, 3.05) is 0 Å². The smallest absolute Gasteiger partial charge is 0.215 e.